The van der Waals surface area contributed by atoms with E-state index in [1.54, 1.807) is 0 Å². The van der Waals surface area contributed by atoms with Crippen LogP contribution in [0.5, 0.6) is 0 Å². The number of morpholine rings is 1. The maximum atomic E-state index is 12.7. The minimum atomic E-state index is -0.684. The fraction of sp³-hybridized carbons (Fsp3) is 0.810. The molecule has 0 aromatic carbocycles. The van der Waals surface area contributed by atoms with Crippen molar-refractivity contribution in [3.05, 3.63) is 0 Å². The number of carbonyl (C=O) groups is 4. The van der Waals surface area contributed by atoms with Crippen LogP contribution in [0, 0.1) is 0 Å². The van der Waals surface area contributed by atoms with Gasteiger partial charge in [0.2, 0.25) is 11.8 Å². The van der Waals surface area contributed by atoms with E-state index in [4.69, 9.17) is 4.74 Å². The van der Waals surface area contributed by atoms with Gasteiger partial charge < -0.3 is 19.9 Å². The summed E-state index contributed by atoms with van der Waals surface area (Å²) < 4.78 is 5.29. The van der Waals surface area contributed by atoms with Crippen LogP contribution in [0.2, 0.25) is 0 Å². The normalized spacial score (nSPS) is 24.2. The van der Waals surface area contributed by atoms with Gasteiger partial charge >= 0.3 is 6.03 Å². The summed E-state index contributed by atoms with van der Waals surface area (Å²) in [6.45, 7) is 5.71. The number of hydrogen-bond acceptors (Lipinski definition) is 6. The molecular weight excluding hydrogens is 402 g/mol. The molecule has 0 unspecified atom stereocenters. The minimum absolute atomic E-state index is 0.0433. The average molecular weight is 436 g/mol. The van der Waals surface area contributed by atoms with E-state index in [1.807, 2.05) is 9.80 Å². The van der Waals surface area contributed by atoms with Crippen molar-refractivity contribution in [2.75, 3.05) is 65.6 Å². The molecule has 31 heavy (non-hydrogen) atoms. The van der Waals surface area contributed by atoms with E-state index in [9.17, 15) is 19.2 Å². The van der Waals surface area contributed by atoms with Crippen molar-refractivity contribution < 1.29 is 23.9 Å². The highest BCUT2D eigenvalue weighted by molar-refractivity contribution is 6.07. The van der Waals surface area contributed by atoms with Crippen molar-refractivity contribution in [1.29, 1.82) is 0 Å². The zero-order valence-electron chi connectivity index (χ0n) is 18.1. The predicted octanol–water partition coefficient (Wildman–Crippen LogP) is -0.366. The van der Waals surface area contributed by atoms with Gasteiger partial charge in [0, 0.05) is 52.2 Å². The van der Waals surface area contributed by atoms with Crippen LogP contribution >= 0.6 is 0 Å². The lowest BCUT2D eigenvalue weighted by molar-refractivity contribution is -0.138. The smallest absolute Gasteiger partial charge is 0.325 e. The molecule has 1 aliphatic carbocycles. The summed E-state index contributed by atoms with van der Waals surface area (Å²) in [6.07, 6.45) is 4.14. The van der Waals surface area contributed by atoms with Gasteiger partial charge in [-0.3, -0.25) is 24.2 Å². The van der Waals surface area contributed by atoms with Gasteiger partial charge in [0.25, 0.3) is 5.91 Å². The second-order valence-corrected chi connectivity index (χ2v) is 8.93. The quantitative estimate of drug-likeness (QED) is 0.572. The number of carbonyl (C=O) groups excluding carboxylic acids is 4. The number of urea groups is 1. The lowest BCUT2D eigenvalue weighted by atomic mass is 9.98. The maximum Gasteiger partial charge on any atom is 0.325 e. The van der Waals surface area contributed by atoms with Crippen molar-refractivity contribution in [2.24, 2.45) is 0 Å². The van der Waals surface area contributed by atoms with Gasteiger partial charge in [0.05, 0.1) is 19.8 Å². The first kappa shape index (κ1) is 22.0. The second-order valence-electron chi connectivity index (χ2n) is 8.93. The van der Waals surface area contributed by atoms with Crippen LogP contribution in [-0.4, -0.2) is 114 Å². The molecule has 10 nitrogen and oxygen atoms in total. The fourth-order valence-electron chi connectivity index (χ4n) is 5.00. The number of amides is 5. The summed E-state index contributed by atoms with van der Waals surface area (Å²) in [6, 6.07) is -0.321. The molecule has 172 valence electrons. The molecule has 0 bridgehead atoms. The van der Waals surface area contributed by atoms with Crippen LogP contribution in [-0.2, 0) is 19.1 Å². The summed E-state index contributed by atoms with van der Waals surface area (Å²) in [5.41, 5.74) is -0.684. The molecule has 5 amide bonds. The Morgan fingerprint density at radius 3 is 2.23 bits per heavy atom. The van der Waals surface area contributed by atoms with Gasteiger partial charge in [-0.1, -0.05) is 12.8 Å². The topological polar surface area (TPSA) is 102 Å². The molecule has 0 radical (unpaired) electrons. The van der Waals surface area contributed by atoms with Crippen LogP contribution in [0.25, 0.3) is 0 Å². The third kappa shape index (κ3) is 4.85. The van der Waals surface area contributed by atoms with Crippen molar-refractivity contribution in [3.8, 4) is 0 Å². The number of piperazine rings is 1. The standard InChI is InChI=1S/C21H33N5O5/c27-17(4-3-7-26-19(29)21(22-20(26)30)5-1-2-6-21)24-10-8-23(9-11-24)16-18(28)25-12-14-31-15-13-25/h1-16H2,(H,22,30). The molecule has 4 rings (SSSR count). The highest BCUT2D eigenvalue weighted by atomic mass is 16.5. The molecule has 3 saturated heterocycles. The van der Waals surface area contributed by atoms with E-state index in [-0.39, 0.29) is 30.3 Å². The fourth-order valence-corrected chi connectivity index (χ4v) is 5.00. The van der Waals surface area contributed by atoms with Crippen LogP contribution in [0.1, 0.15) is 38.5 Å². The Balaban J connectivity index is 1.15. The summed E-state index contributed by atoms with van der Waals surface area (Å²) in [5.74, 6) is 0.0412. The van der Waals surface area contributed by atoms with Crippen molar-refractivity contribution in [2.45, 2.75) is 44.1 Å². The molecule has 0 aromatic heterocycles. The van der Waals surface area contributed by atoms with Gasteiger partial charge in [0.15, 0.2) is 0 Å². The molecule has 1 saturated carbocycles. The molecule has 0 atom stereocenters. The Morgan fingerprint density at radius 1 is 0.903 bits per heavy atom. The third-order valence-corrected chi connectivity index (χ3v) is 6.92. The predicted molar refractivity (Wildman–Crippen MR) is 111 cm³/mol. The van der Waals surface area contributed by atoms with Gasteiger partial charge in [-0.25, -0.2) is 4.79 Å². The van der Waals surface area contributed by atoms with Crippen molar-refractivity contribution in [1.82, 2.24) is 24.9 Å². The Hall–Kier alpha value is -2.20. The Labute approximate surface area is 182 Å². The summed E-state index contributed by atoms with van der Waals surface area (Å²) in [4.78, 5) is 56.9. The van der Waals surface area contributed by atoms with Crippen LogP contribution in [0.15, 0.2) is 0 Å². The minimum Gasteiger partial charge on any atom is -0.378 e. The molecule has 1 N–H and O–H groups in total. The lowest BCUT2D eigenvalue weighted by Crippen LogP contribution is -2.52. The average Bonchev–Trinajstić information content (AvgIpc) is 3.35. The third-order valence-electron chi connectivity index (χ3n) is 6.92. The van der Waals surface area contributed by atoms with E-state index >= 15 is 0 Å². The molecule has 3 heterocycles. The number of hydrogen-bond donors (Lipinski definition) is 1. The molecular formula is C21H33N5O5. The van der Waals surface area contributed by atoms with E-state index < -0.39 is 5.54 Å². The van der Waals surface area contributed by atoms with Crippen molar-refractivity contribution in [3.63, 3.8) is 0 Å². The number of ether oxygens (including phenoxy) is 1. The van der Waals surface area contributed by atoms with E-state index in [2.05, 4.69) is 10.2 Å². The number of nitrogens with zero attached hydrogens (tertiary/aromatic N) is 4. The highest BCUT2D eigenvalue weighted by Crippen LogP contribution is 2.35. The van der Waals surface area contributed by atoms with Crippen LogP contribution in [0.3, 0.4) is 0 Å². The first-order chi connectivity index (χ1) is 15.0. The van der Waals surface area contributed by atoms with E-state index in [0.717, 1.165) is 12.8 Å². The first-order valence-electron chi connectivity index (χ1n) is 11.5. The molecule has 0 aromatic rings. The Kier molecular flexibility index (Phi) is 6.76. The van der Waals surface area contributed by atoms with Gasteiger partial charge in [-0.15, -0.1) is 0 Å². The highest BCUT2D eigenvalue weighted by Gasteiger charge is 2.52. The first-order valence-corrected chi connectivity index (χ1v) is 11.5. The molecule has 1 spiro atoms. The van der Waals surface area contributed by atoms with E-state index in [0.29, 0.717) is 84.7 Å². The second kappa shape index (κ2) is 9.52. The molecule has 3 aliphatic heterocycles. The van der Waals surface area contributed by atoms with Crippen molar-refractivity contribution >= 4 is 23.8 Å². The number of imide groups is 1. The van der Waals surface area contributed by atoms with E-state index in [1.165, 1.54) is 4.90 Å². The largest absolute Gasteiger partial charge is 0.378 e. The van der Waals surface area contributed by atoms with Gasteiger partial charge in [0.1, 0.15) is 5.54 Å². The summed E-state index contributed by atoms with van der Waals surface area (Å²) in [7, 11) is 0. The SMILES string of the molecule is O=C(CCCN1C(=O)NC2(CCCC2)C1=O)N1CCN(CC(=O)N2CCOCC2)CC1. The number of rotatable bonds is 6. The van der Waals surface area contributed by atoms with Gasteiger partial charge in [-0.2, -0.15) is 0 Å². The van der Waals surface area contributed by atoms with Gasteiger partial charge in [-0.05, 0) is 19.3 Å². The Bertz CT molecular complexity index is 709. The molecule has 4 fully saturated rings. The Morgan fingerprint density at radius 2 is 1.55 bits per heavy atom. The van der Waals surface area contributed by atoms with Crippen LogP contribution < -0.4 is 5.32 Å². The maximum absolute atomic E-state index is 12.7. The zero-order valence-corrected chi connectivity index (χ0v) is 18.1. The number of nitrogens with one attached hydrogen (secondary N) is 1. The summed E-state index contributed by atoms with van der Waals surface area (Å²) in [5, 5.41) is 2.87. The monoisotopic (exact) mass is 435 g/mol. The molecule has 10 heteroatoms. The lowest BCUT2D eigenvalue weighted by Gasteiger charge is -2.36. The van der Waals surface area contributed by atoms with Crippen LogP contribution in [0.4, 0.5) is 4.79 Å². The molecule has 4 aliphatic rings. The summed E-state index contributed by atoms with van der Waals surface area (Å²) >= 11 is 0. The zero-order chi connectivity index (χ0) is 21.8.